The van der Waals surface area contributed by atoms with E-state index in [1.165, 1.54) is 23.3 Å². The van der Waals surface area contributed by atoms with Crippen molar-refractivity contribution < 1.29 is 14.3 Å². The van der Waals surface area contributed by atoms with Crippen molar-refractivity contribution in [3.8, 4) is 0 Å². The van der Waals surface area contributed by atoms with Gasteiger partial charge in [0.15, 0.2) is 0 Å². The second-order valence-electron chi connectivity index (χ2n) is 6.08. The van der Waals surface area contributed by atoms with Gasteiger partial charge in [-0.25, -0.2) is 0 Å². The van der Waals surface area contributed by atoms with Crippen molar-refractivity contribution in [3.63, 3.8) is 0 Å². The van der Waals surface area contributed by atoms with Gasteiger partial charge in [-0.1, -0.05) is 42.5 Å². The summed E-state index contributed by atoms with van der Waals surface area (Å²) in [6.45, 7) is 3.12. The van der Waals surface area contributed by atoms with Gasteiger partial charge in [-0.3, -0.25) is 9.59 Å². The number of amides is 2. The third-order valence-electron chi connectivity index (χ3n) is 4.31. The molecule has 0 aliphatic carbocycles. The summed E-state index contributed by atoms with van der Waals surface area (Å²) in [6, 6.07) is 14.6. The molecule has 24 heavy (non-hydrogen) atoms. The first-order valence-corrected chi connectivity index (χ1v) is 8.24. The van der Waals surface area contributed by atoms with Crippen molar-refractivity contribution in [1.82, 2.24) is 10.2 Å². The second kappa shape index (κ2) is 7.45. The van der Waals surface area contributed by atoms with Gasteiger partial charge in [-0.2, -0.15) is 0 Å². The fourth-order valence-corrected chi connectivity index (χ4v) is 3.10. The molecule has 5 heteroatoms. The van der Waals surface area contributed by atoms with Crippen LogP contribution in [0.5, 0.6) is 0 Å². The molecule has 1 saturated heterocycles. The predicted octanol–water partition coefficient (Wildman–Crippen LogP) is 1.75. The third-order valence-corrected chi connectivity index (χ3v) is 4.31. The van der Waals surface area contributed by atoms with E-state index in [-0.39, 0.29) is 24.5 Å². The first kappa shape index (κ1) is 16.5. The highest BCUT2D eigenvalue weighted by molar-refractivity contribution is 5.86. The average Bonchev–Trinajstić information content (AvgIpc) is 2.60. The molecule has 2 amide bonds. The van der Waals surface area contributed by atoms with Gasteiger partial charge in [0.05, 0.1) is 19.3 Å². The van der Waals surface area contributed by atoms with Gasteiger partial charge in [0.1, 0.15) is 0 Å². The molecule has 0 bridgehead atoms. The van der Waals surface area contributed by atoms with Crippen LogP contribution in [0.3, 0.4) is 0 Å². The first-order valence-electron chi connectivity index (χ1n) is 8.24. The Bertz CT molecular complexity index is 739. The number of nitrogens with zero attached hydrogens (tertiary/aromatic N) is 1. The smallest absolute Gasteiger partial charge is 0.242 e. The Labute approximate surface area is 141 Å². The zero-order valence-corrected chi connectivity index (χ0v) is 13.8. The lowest BCUT2D eigenvalue weighted by Gasteiger charge is -2.33. The number of rotatable bonds is 4. The van der Waals surface area contributed by atoms with Crippen molar-refractivity contribution in [3.05, 3.63) is 48.0 Å². The molecule has 0 saturated carbocycles. The number of carbonyl (C=O) groups is 2. The quantitative estimate of drug-likeness (QED) is 0.931. The van der Waals surface area contributed by atoms with E-state index in [4.69, 9.17) is 4.74 Å². The maximum absolute atomic E-state index is 12.2. The van der Waals surface area contributed by atoms with E-state index in [9.17, 15) is 9.59 Å². The lowest BCUT2D eigenvalue weighted by molar-refractivity contribution is -0.139. The predicted molar refractivity (Wildman–Crippen MR) is 92.7 cm³/mol. The number of hydrogen-bond acceptors (Lipinski definition) is 3. The standard InChI is InChI=1S/C19H22N2O3/c1-14(22)20-12-19(23)21-9-10-24-17(13-21)11-16-7-4-6-15-5-2-3-8-18(15)16/h2-8,17H,9-13H2,1H3,(H,20,22)/t17-/m0/s1. The number of nitrogens with one attached hydrogen (secondary N) is 1. The van der Waals surface area contributed by atoms with Crippen LogP contribution in [0.1, 0.15) is 12.5 Å². The molecule has 126 valence electrons. The molecule has 1 aliphatic heterocycles. The Balaban J connectivity index is 1.66. The molecule has 1 fully saturated rings. The Morgan fingerprint density at radius 1 is 1.21 bits per heavy atom. The number of ether oxygens (including phenoxy) is 1. The topological polar surface area (TPSA) is 58.6 Å². The lowest BCUT2D eigenvalue weighted by atomic mass is 9.99. The molecule has 1 atom stereocenters. The summed E-state index contributed by atoms with van der Waals surface area (Å²) in [5, 5.41) is 5.00. The van der Waals surface area contributed by atoms with Gasteiger partial charge in [0.2, 0.25) is 11.8 Å². The minimum Gasteiger partial charge on any atom is -0.374 e. The minimum absolute atomic E-state index is 0.0224. The highest BCUT2D eigenvalue weighted by atomic mass is 16.5. The fourth-order valence-electron chi connectivity index (χ4n) is 3.10. The zero-order valence-electron chi connectivity index (χ0n) is 13.8. The van der Waals surface area contributed by atoms with E-state index in [2.05, 4.69) is 35.6 Å². The number of morpholine rings is 1. The summed E-state index contributed by atoms with van der Waals surface area (Å²) in [5.74, 6) is -0.250. The molecule has 1 N–H and O–H groups in total. The molecule has 3 rings (SSSR count). The van der Waals surface area contributed by atoms with E-state index < -0.39 is 0 Å². The summed E-state index contributed by atoms with van der Waals surface area (Å²) >= 11 is 0. The molecule has 0 unspecified atom stereocenters. The van der Waals surface area contributed by atoms with Crippen molar-refractivity contribution in [2.75, 3.05) is 26.2 Å². The number of benzene rings is 2. The molecular weight excluding hydrogens is 304 g/mol. The Hall–Kier alpha value is -2.40. The van der Waals surface area contributed by atoms with Crippen LogP contribution in [-0.2, 0) is 20.7 Å². The van der Waals surface area contributed by atoms with Gasteiger partial charge >= 0.3 is 0 Å². The summed E-state index contributed by atoms with van der Waals surface area (Å²) in [5.41, 5.74) is 1.23. The van der Waals surface area contributed by atoms with Gasteiger partial charge in [-0.15, -0.1) is 0 Å². The van der Waals surface area contributed by atoms with E-state index in [0.717, 1.165) is 6.42 Å². The number of fused-ring (bicyclic) bond motifs is 1. The van der Waals surface area contributed by atoms with Crippen LogP contribution in [0.2, 0.25) is 0 Å². The Morgan fingerprint density at radius 3 is 2.83 bits per heavy atom. The Kier molecular flexibility index (Phi) is 5.11. The van der Waals surface area contributed by atoms with Crippen LogP contribution in [0, 0.1) is 0 Å². The molecule has 0 radical (unpaired) electrons. The molecule has 1 heterocycles. The van der Waals surface area contributed by atoms with Gasteiger partial charge < -0.3 is 15.0 Å². The van der Waals surface area contributed by atoms with E-state index in [1.807, 2.05) is 12.1 Å². The highest BCUT2D eigenvalue weighted by Crippen LogP contribution is 2.21. The minimum atomic E-state index is -0.191. The average molecular weight is 326 g/mol. The van der Waals surface area contributed by atoms with E-state index >= 15 is 0 Å². The maximum Gasteiger partial charge on any atom is 0.242 e. The molecule has 5 nitrogen and oxygen atoms in total. The lowest BCUT2D eigenvalue weighted by Crippen LogP contribution is -2.49. The molecule has 2 aromatic carbocycles. The maximum atomic E-state index is 12.2. The van der Waals surface area contributed by atoms with E-state index in [0.29, 0.717) is 19.7 Å². The van der Waals surface area contributed by atoms with Crippen molar-refractivity contribution >= 4 is 22.6 Å². The molecule has 1 aliphatic rings. The summed E-state index contributed by atoms with van der Waals surface area (Å²) in [6.07, 6.45) is 0.747. The monoisotopic (exact) mass is 326 g/mol. The van der Waals surface area contributed by atoms with Crippen LogP contribution in [0.15, 0.2) is 42.5 Å². The van der Waals surface area contributed by atoms with Gasteiger partial charge in [-0.05, 0) is 16.3 Å². The van der Waals surface area contributed by atoms with Crippen molar-refractivity contribution in [2.24, 2.45) is 0 Å². The van der Waals surface area contributed by atoms with Crippen molar-refractivity contribution in [1.29, 1.82) is 0 Å². The molecule has 2 aromatic rings. The molecule has 0 aromatic heterocycles. The summed E-state index contributed by atoms with van der Waals surface area (Å²) in [7, 11) is 0. The van der Waals surface area contributed by atoms with Crippen molar-refractivity contribution in [2.45, 2.75) is 19.4 Å². The van der Waals surface area contributed by atoms with Crippen LogP contribution in [0.25, 0.3) is 10.8 Å². The number of hydrogen-bond donors (Lipinski definition) is 1. The number of carbonyl (C=O) groups excluding carboxylic acids is 2. The van der Waals surface area contributed by atoms with E-state index in [1.54, 1.807) is 4.90 Å². The molecule has 0 spiro atoms. The Morgan fingerprint density at radius 2 is 2.00 bits per heavy atom. The van der Waals surface area contributed by atoms with Crippen LogP contribution < -0.4 is 5.32 Å². The normalized spacial score (nSPS) is 17.7. The van der Waals surface area contributed by atoms with Gasteiger partial charge in [0.25, 0.3) is 0 Å². The zero-order chi connectivity index (χ0) is 16.9. The van der Waals surface area contributed by atoms with Crippen LogP contribution in [-0.4, -0.2) is 49.1 Å². The SMILES string of the molecule is CC(=O)NCC(=O)N1CCO[C@@H](Cc2cccc3ccccc23)C1. The fraction of sp³-hybridized carbons (Fsp3) is 0.368. The van der Waals surface area contributed by atoms with Gasteiger partial charge in [0, 0.05) is 26.4 Å². The summed E-state index contributed by atoms with van der Waals surface area (Å²) < 4.78 is 5.86. The third kappa shape index (κ3) is 3.92. The highest BCUT2D eigenvalue weighted by Gasteiger charge is 2.24. The van der Waals surface area contributed by atoms with Crippen LogP contribution in [0.4, 0.5) is 0 Å². The summed E-state index contributed by atoms with van der Waals surface area (Å²) in [4.78, 5) is 24.9. The van der Waals surface area contributed by atoms with Crippen LogP contribution >= 0.6 is 0 Å². The first-order chi connectivity index (χ1) is 11.6. The molecular formula is C19H22N2O3. The largest absolute Gasteiger partial charge is 0.374 e. The second-order valence-corrected chi connectivity index (χ2v) is 6.08.